The number of nitrogens with one attached hydrogen (secondary N) is 1. The smallest absolute Gasteiger partial charge is 0.410 e. The molecule has 2 aliphatic heterocycles. The van der Waals surface area contributed by atoms with E-state index in [1.165, 1.54) is 0 Å². The van der Waals surface area contributed by atoms with Crippen molar-refractivity contribution in [1.29, 1.82) is 0 Å². The Morgan fingerprint density at radius 1 is 1.17 bits per heavy atom. The molecule has 2 saturated heterocycles. The van der Waals surface area contributed by atoms with Crippen LogP contribution in [0, 0.1) is 0 Å². The number of amides is 1. The molecule has 0 atom stereocenters. The Kier molecular flexibility index (Phi) is 5.71. The van der Waals surface area contributed by atoms with E-state index in [4.69, 9.17) is 9.47 Å². The van der Waals surface area contributed by atoms with Crippen molar-refractivity contribution in [3.8, 4) is 5.75 Å². The first-order valence-electron chi connectivity index (χ1n) is 8.70. The molecule has 0 aromatic heterocycles. The molecule has 0 unspecified atom stereocenters. The number of morpholine rings is 1. The number of piperidine rings is 1. The molecule has 2 fully saturated rings. The zero-order valence-electron chi connectivity index (χ0n) is 14.4. The molecule has 1 aromatic carbocycles. The molecule has 0 spiro atoms. The van der Waals surface area contributed by atoms with Crippen LogP contribution in [-0.2, 0) is 4.74 Å². The first-order valence-corrected chi connectivity index (χ1v) is 8.70. The summed E-state index contributed by atoms with van der Waals surface area (Å²) in [6.07, 6.45) is 1.72. The van der Waals surface area contributed by atoms with Crippen molar-refractivity contribution in [3.63, 3.8) is 0 Å². The SMILES string of the molecule is CN1CCC(CNC(=O)Oc2ccccc2)(N2CCOCC2)CC1. The summed E-state index contributed by atoms with van der Waals surface area (Å²) in [6.45, 7) is 6.11. The number of likely N-dealkylation sites (tertiary alicyclic amines) is 1. The highest BCUT2D eigenvalue weighted by molar-refractivity contribution is 5.70. The minimum Gasteiger partial charge on any atom is -0.410 e. The maximum atomic E-state index is 12.2. The molecule has 3 rings (SSSR count). The van der Waals surface area contributed by atoms with Crippen molar-refractivity contribution in [1.82, 2.24) is 15.1 Å². The number of rotatable bonds is 4. The maximum absolute atomic E-state index is 12.2. The molecule has 132 valence electrons. The van der Waals surface area contributed by atoms with E-state index in [-0.39, 0.29) is 11.6 Å². The topological polar surface area (TPSA) is 54.0 Å². The van der Waals surface area contributed by atoms with Crippen LogP contribution in [0.2, 0.25) is 0 Å². The van der Waals surface area contributed by atoms with Crippen LogP contribution in [0.25, 0.3) is 0 Å². The average Bonchev–Trinajstić information content (AvgIpc) is 2.63. The second kappa shape index (κ2) is 7.96. The third-order valence-corrected chi connectivity index (χ3v) is 5.12. The molecule has 6 heteroatoms. The van der Waals surface area contributed by atoms with Crippen molar-refractivity contribution < 1.29 is 14.3 Å². The number of ether oxygens (including phenoxy) is 2. The molecule has 2 heterocycles. The number of para-hydroxylation sites is 1. The number of nitrogens with zero attached hydrogens (tertiary/aromatic N) is 2. The average molecular weight is 333 g/mol. The number of hydrogen-bond donors (Lipinski definition) is 1. The van der Waals surface area contributed by atoms with Crippen LogP contribution in [0.3, 0.4) is 0 Å². The predicted molar refractivity (Wildman–Crippen MR) is 92.3 cm³/mol. The van der Waals surface area contributed by atoms with Gasteiger partial charge in [0.25, 0.3) is 0 Å². The van der Waals surface area contributed by atoms with Gasteiger partial charge in [-0.05, 0) is 45.1 Å². The van der Waals surface area contributed by atoms with E-state index in [9.17, 15) is 4.79 Å². The van der Waals surface area contributed by atoms with E-state index < -0.39 is 0 Å². The van der Waals surface area contributed by atoms with Crippen molar-refractivity contribution in [3.05, 3.63) is 30.3 Å². The van der Waals surface area contributed by atoms with Gasteiger partial charge in [-0.1, -0.05) is 18.2 Å². The fourth-order valence-electron chi connectivity index (χ4n) is 3.55. The van der Waals surface area contributed by atoms with Gasteiger partial charge >= 0.3 is 6.09 Å². The van der Waals surface area contributed by atoms with Gasteiger partial charge in [0.15, 0.2) is 0 Å². The second-order valence-electron chi connectivity index (χ2n) is 6.68. The Labute approximate surface area is 143 Å². The van der Waals surface area contributed by atoms with Crippen LogP contribution in [0.1, 0.15) is 12.8 Å². The zero-order valence-corrected chi connectivity index (χ0v) is 14.4. The molecule has 1 aromatic rings. The van der Waals surface area contributed by atoms with E-state index in [2.05, 4.69) is 22.2 Å². The van der Waals surface area contributed by atoms with E-state index in [1.54, 1.807) is 12.1 Å². The third kappa shape index (κ3) is 4.26. The first-order chi connectivity index (χ1) is 11.7. The lowest BCUT2D eigenvalue weighted by Crippen LogP contribution is -2.62. The molecule has 1 N–H and O–H groups in total. The Morgan fingerprint density at radius 3 is 2.50 bits per heavy atom. The largest absolute Gasteiger partial charge is 0.412 e. The summed E-state index contributed by atoms with van der Waals surface area (Å²) in [7, 11) is 2.15. The van der Waals surface area contributed by atoms with Gasteiger partial charge in [0, 0.05) is 25.2 Å². The fraction of sp³-hybridized carbons (Fsp3) is 0.611. The molecule has 0 aliphatic carbocycles. The van der Waals surface area contributed by atoms with E-state index in [1.807, 2.05) is 18.2 Å². The summed E-state index contributed by atoms with van der Waals surface area (Å²) in [5.74, 6) is 0.568. The van der Waals surface area contributed by atoms with Crippen molar-refractivity contribution in [2.75, 3.05) is 53.0 Å². The second-order valence-corrected chi connectivity index (χ2v) is 6.68. The quantitative estimate of drug-likeness (QED) is 0.906. The summed E-state index contributed by atoms with van der Waals surface area (Å²) in [5.41, 5.74) is 0.00595. The Hall–Kier alpha value is -1.63. The lowest BCUT2D eigenvalue weighted by Gasteiger charge is -2.49. The predicted octanol–water partition coefficient (Wildman–Crippen LogP) is 1.57. The summed E-state index contributed by atoms with van der Waals surface area (Å²) < 4.78 is 10.9. The van der Waals surface area contributed by atoms with Gasteiger partial charge < -0.3 is 19.7 Å². The summed E-state index contributed by atoms with van der Waals surface area (Å²) in [4.78, 5) is 17.0. The normalized spacial score (nSPS) is 22.0. The molecule has 0 bridgehead atoms. The van der Waals surface area contributed by atoms with E-state index in [0.717, 1.165) is 52.2 Å². The van der Waals surface area contributed by atoms with Gasteiger partial charge in [-0.2, -0.15) is 0 Å². The monoisotopic (exact) mass is 333 g/mol. The van der Waals surface area contributed by atoms with Crippen molar-refractivity contribution in [2.24, 2.45) is 0 Å². The Bertz CT molecular complexity index is 524. The van der Waals surface area contributed by atoms with Crippen molar-refractivity contribution >= 4 is 6.09 Å². The summed E-state index contributed by atoms with van der Waals surface area (Å²) in [5, 5.41) is 2.99. The Balaban J connectivity index is 1.60. The van der Waals surface area contributed by atoms with E-state index >= 15 is 0 Å². The van der Waals surface area contributed by atoms with Crippen LogP contribution in [0.4, 0.5) is 4.79 Å². The lowest BCUT2D eigenvalue weighted by atomic mass is 9.85. The van der Waals surface area contributed by atoms with Crippen molar-refractivity contribution in [2.45, 2.75) is 18.4 Å². The summed E-state index contributed by atoms with van der Waals surface area (Å²) in [6, 6.07) is 9.18. The van der Waals surface area contributed by atoms with Gasteiger partial charge in [0.1, 0.15) is 5.75 Å². The highest BCUT2D eigenvalue weighted by Gasteiger charge is 2.40. The number of carbonyl (C=O) groups is 1. The van der Waals surface area contributed by atoms with Gasteiger partial charge in [0.05, 0.1) is 13.2 Å². The molecular formula is C18H27N3O3. The minimum absolute atomic E-state index is 0.00595. The molecule has 6 nitrogen and oxygen atoms in total. The van der Waals surface area contributed by atoms with Crippen LogP contribution in [-0.4, -0.2) is 74.4 Å². The highest BCUT2D eigenvalue weighted by atomic mass is 16.6. The van der Waals surface area contributed by atoms with Crippen LogP contribution < -0.4 is 10.1 Å². The fourth-order valence-corrected chi connectivity index (χ4v) is 3.55. The maximum Gasteiger partial charge on any atom is 0.412 e. The van der Waals surface area contributed by atoms with E-state index in [0.29, 0.717) is 12.3 Å². The van der Waals surface area contributed by atoms with Crippen LogP contribution in [0.15, 0.2) is 30.3 Å². The number of benzene rings is 1. The lowest BCUT2D eigenvalue weighted by molar-refractivity contribution is -0.0439. The molecule has 2 aliphatic rings. The molecule has 24 heavy (non-hydrogen) atoms. The molecule has 0 saturated carbocycles. The third-order valence-electron chi connectivity index (χ3n) is 5.12. The van der Waals surface area contributed by atoms with Gasteiger partial charge in [-0.25, -0.2) is 4.79 Å². The first kappa shape index (κ1) is 17.2. The van der Waals surface area contributed by atoms with Gasteiger partial charge in [0.2, 0.25) is 0 Å². The van der Waals surface area contributed by atoms with Crippen LogP contribution >= 0.6 is 0 Å². The summed E-state index contributed by atoms with van der Waals surface area (Å²) >= 11 is 0. The zero-order chi connectivity index (χ0) is 16.8. The standard InChI is InChI=1S/C18H27N3O3/c1-20-9-7-18(8-10-20,21-11-13-23-14-12-21)15-19-17(22)24-16-5-3-2-4-6-16/h2-6H,7-15H2,1H3,(H,19,22). The molecular weight excluding hydrogens is 306 g/mol. The number of hydrogen-bond acceptors (Lipinski definition) is 5. The van der Waals surface area contributed by atoms with Gasteiger partial charge in [-0.15, -0.1) is 0 Å². The van der Waals surface area contributed by atoms with Crippen LogP contribution in [0.5, 0.6) is 5.75 Å². The number of carbonyl (C=O) groups excluding carboxylic acids is 1. The molecule has 1 amide bonds. The van der Waals surface area contributed by atoms with Gasteiger partial charge in [-0.3, -0.25) is 4.90 Å². The molecule has 0 radical (unpaired) electrons. The highest BCUT2D eigenvalue weighted by Crippen LogP contribution is 2.29. The minimum atomic E-state index is -0.382. The Morgan fingerprint density at radius 2 is 1.83 bits per heavy atom.